The molecule has 3 rings (SSSR count). The molecule has 2 aromatic heterocycles. The Balaban J connectivity index is 2.63. The van der Waals surface area contributed by atoms with Crippen LogP contribution in [0.5, 0.6) is 0 Å². The van der Waals surface area contributed by atoms with Crippen molar-refractivity contribution in [3.63, 3.8) is 0 Å². The lowest BCUT2D eigenvalue weighted by molar-refractivity contribution is 0.561. The summed E-state index contributed by atoms with van der Waals surface area (Å²) in [5, 5.41) is 2.04. The van der Waals surface area contributed by atoms with Gasteiger partial charge in [-0.15, -0.1) is 0 Å². The molecule has 0 bridgehead atoms. The maximum atomic E-state index is 11.0. The summed E-state index contributed by atoms with van der Waals surface area (Å²) in [6, 6.07) is 8.90. The Morgan fingerprint density at radius 3 is 2.86 bits per heavy atom. The van der Waals surface area contributed by atoms with Gasteiger partial charge in [0.15, 0.2) is 0 Å². The molecule has 2 heterocycles. The highest BCUT2D eigenvalue weighted by Gasteiger charge is 2.02. The third-order valence-corrected chi connectivity index (χ3v) is 2.33. The molecule has 0 saturated heterocycles. The van der Waals surface area contributed by atoms with Crippen molar-refractivity contribution in [3.8, 4) is 0 Å². The molecule has 0 aliphatic rings. The smallest absolute Gasteiger partial charge is 0.336 e. The summed E-state index contributed by atoms with van der Waals surface area (Å²) in [4.78, 5) is 14.1. The summed E-state index contributed by atoms with van der Waals surface area (Å²) in [6.45, 7) is 0. The quantitative estimate of drug-likeness (QED) is 0.546. The first-order chi connectivity index (χ1) is 6.84. The Morgan fingerprint density at radius 1 is 1.00 bits per heavy atom. The number of nitrogens with one attached hydrogen (secondary N) is 1. The lowest BCUT2D eigenvalue weighted by Crippen LogP contribution is -1.93. The van der Waals surface area contributed by atoms with Crippen LogP contribution in [0.15, 0.2) is 45.7 Å². The second-order valence-corrected chi connectivity index (χ2v) is 3.17. The standard InChI is InChI=1S/C11H7NO2/c13-11-4-1-8-7-5-6-12-9(7)2-3-10(8)14-11/h1-6,12H. The van der Waals surface area contributed by atoms with Crippen LogP contribution in [-0.4, -0.2) is 4.98 Å². The average Bonchev–Trinajstić information content (AvgIpc) is 2.65. The minimum atomic E-state index is -0.313. The van der Waals surface area contributed by atoms with E-state index >= 15 is 0 Å². The number of rotatable bonds is 0. The molecule has 3 aromatic rings. The zero-order valence-corrected chi connectivity index (χ0v) is 7.28. The van der Waals surface area contributed by atoms with Gasteiger partial charge in [-0.05, 0) is 24.3 Å². The van der Waals surface area contributed by atoms with Gasteiger partial charge in [-0.2, -0.15) is 0 Å². The predicted molar refractivity (Wildman–Crippen MR) is 54.3 cm³/mol. The highest BCUT2D eigenvalue weighted by atomic mass is 16.4. The summed E-state index contributed by atoms with van der Waals surface area (Å²) < 4.78 is 5.07. The fourth-order valence-electron chi connectivity index (χ4n) is 1.69. The number of hydrogen-bond acceptors (Lipinski definition) is 2. The third kappa shape index (κ3) is 0.893. The van der Waals surface area contributed by atoms with Crippen molar-refractivity contribution in [1.29, 1.82) is 0 Å². The molecule has 0 fully saturated rings. The van der Waals surface area contributed by atoms with Gasteiger partial charge in [0, 0.05) is 28.6 Å². The maximum Gasteiger partial charge on any atom is 0.336 e. The topological polar surface area (TPSA) is 46.0 Å². The molecular formula is C11H7NO2. The monoisotopic (exact) mass is 185 g/mol. The lowest BCUT2D eigenvalue weighted by Gasteiger charge is -1.96. The van der Waals surface area contributed by atoms with Crippen molar-refractivity contribution < 1.29 is 4.42 Å². The number of benzene rings is 1. The van der Waals surface area contributed by atoms with Crippen LogP contribution in [0.2, 0.25) is 0 Å². The Morgan fingerprint density at radius 2 is 1.93 bits per heavy atom. The molecule has 14 heavy (non-hydrogen) atoms. The molecule has 0 aliphatic carbocycles. The van der Waals surface area contributed by atoms with E-state index in [0.717, 1.165) is 16.3 Å². The molecule has 3 nitrogen and oxygen atoms in total. The van der Waals surface area contributed by atoms with Gasteiger partial charge in [-0.3, -0.25) is 0 Å². The fraction of sp³-hybridized carbons (Fsp3) is 0. The van der Waals surface area contributed by atoms with Crippen molar-refractivity contribution in [1.82, 2.24) is 4.98 Å². The SMILES string of the molecule is O=c1ccc2c(ccc3[nH]ccc32)o1. The van der Waals surface area contributed by atoms with Crippen LogP contribution >= 0.6 is 0 Å². The summed E-state index contributed by atoms with van der Waals surface area (Å²) >= 11 is 0. The number of aromatic amines is 1. The predicted octanol–water partition coefficient (Wildman–Crippen LogP) is 2.27. The van der Waals surface area contributed by atoms with Gasteiger partial charge in [0.1, 0.15) is 5.58 Å². The van der Waals surface area contributed by atoms with E-state index in [4.69, 9.17) is 4.42 Å². The summed E-state index contributed by atoms with van der Waals surface area (Å²) in [5.74, 6) is 0. The van der Waals surface area contributed by atoms with E-state index in [1.165, 1.54) is 6.07 Å². The van der Waals surface area contributed by atoms with Crippen LogP contribution in [0.1, 0.15) is 0 Å². The van der Waals surface area contributed by atoms with Crippen molar-refractivity contribution in [2.75, 3.05) is 0 Å². The maximum absolute atomic E-state index is 11.0. The molecule has 68 valence electrons. The molecule has 3 heteroatoms. The van der Waals surface area contributed by atoms with Gasteiger partial charge in [-0.1, -0.05) is 0 Å². The van der Waals surface area contributed by atoms with E-state index in [2.05, 4.69) is 4.98 Å². The molecule has 0 aliphatic heterocycles. The molecule has 0 spiro atoms. The third-order valence-electron chi connectivity index (χ3n) is 2.33. The number of hydrogen-bond donors (Lipinski definition) is 1. The van der Waals surface area contributed by atoms with Crippen molar-refractivity contribution in [3.05, 3.63) is 46.9 Å². The fourth-order valence-corrected chi connectivity index (χ4v) is 1.69. The van der Waals surface area contributed by atoms with Gasteiger partial charge in [0.05, 0.1) is 0 Å². The van der Waals surface area contributed by atoms with E-state index in [0.29, 0.717) is 5.58 Å². The molecule has 0 radical (unpaired) electrons. The van der Waals surface area contributed by atoms with Crippen LogP contribution in [0.3, 0.4) is 0 Å². The number of aromatic nitrogens is 1. The number of fused-ring (bicyclic) bond motifs is 3. The molecule has 1 N–H and O–H groups in total. The molecule has 0 saturated carbocycles. The van der Waals surface area contributed by atoms with Crippen molar-refractivity contribution >= 4 is 21.9 Å². The van der Waals surface area contributed by atoms with E-state index in [9.17, 15) is 4.79 Å². The van der Waals surface area contributed by atoms with Crippen LogP contribution < -0.4 is 5.63 Å². The second-order valence-electron chi connectivity index (χ2n) is 3.17. The minimum Gasteiger partial charge on any atom is -0.423 e. The lowest BCUT2D eigenvalue weighted by atomic mass is 10.1. The van der Waals surface area contributed by atoms with Gasteiger partial charge < -0.3 is 9.40 Å². The number of H-pyrrole nitrogens is 1. The molecule has 0 amide bonds. The van der Waals surface area contributed by atoms with E-state index in [1.807, 2.05) is 18.3 Å². The van der Waals surface area contributed by atoms with Crippen LogP contribution in [0.25, 0.3) is 21.9 Å². The van der Waals surface area contributed by atoms with Crippen LogP contribution in [0.4, 0.5) is 0 Å². The molecular weight excluding hydrogens is 178 g/mol. The molecule has 0 unspecified atom stereocenters. The van der Waals surface area contributed by atoms with Gasteiger partial charge in [-0.25, -0.2) is 4.79 Å². The largest absolute Gasteiger partial charge is 0.423 e. The first kappa shape index (κ1) is 7.38. The first-order valence-corrected chi connectivity index (χ1v) is 4.34. The summed E-state index contributed by atoms with van der Waals surface area (Å²) in [6.07, 6.45) is 1.87. The summed E-state index contributed by atoms with van der Waals surface area (Å²) in [5.41, 5.74) is 1.36. The second kappa shape index (κ2) is 2.48. The van der Waals surface area contributed by atoms with E-state index < -0.39 is 0 Å². The Labute approximate surface area is 79.0 Å². The Hall–Kier alpha value is -2.03. The highest BCUT2D eigenvalue weighted by Crippen LogP contribution is 2.22. The van der Waals surface area contributed by atoms with Gasteiger partial charge >= 0.3 is 5.63 Å². The minimum absolute atomic E-state index is 0.313. The average molecular weight is 185 g/mol. The zero-order chi connectivity index (χ0) is 9.54. The van der Waals surface area contributed by atoms with Crippen molar-refractivity contribution in [2.45, 2.75) is 0 Å². The van der Waals surface area contributed by atoms with E-state index in [1.54, 1.807) is 12.1 Å². The Bertz CT molecular complexity index is 663. The molecule has 1 aromatic carbocycles. The molecule has 0 atom stereocenters. The summed E-state index contributed by atoms with van der Waals surface area (Å²) in [7, 11) is 0. The first-order valence-electron chi connectivity index (χ1n) is 4.34. The van der Waals surface area contributed by atoms with Crippen LogP contribution in [0, 0.1) is 0 Å². The van der Waals surface area contributed by atoms with Gasteiger partial charge in [0.25, 0.3) is 0 Å². The zero-order valence-electron chi connectivity index (χ0n) is 7.28. The Kier molecular flexibility index (Phi) is 1.31. The van der Waals surface area contributed by atoms with Crippen LogP contribution in [-0.2, 0) is 0 Å². The highest BCUT2D eigenvalue weighted by molar-refractivity contribution is 6.04. The van der Waals surface area contributed by atoms with Crippen molar-refractivity contribution in [2.24, 2.45) is 0 Å². The van der Waals surface area contributed by atoms with Gasteiger partial charge in [0.2, 0.25) is 0 Å². The van der Waals surface area contributed by atoms with E-state index in [-0.39, 0.29) is 5.63 Å². The normalized spacial score (nSPS) is 11.1.